The number of rotatable bonds is 4. The Balaban J connectivity index is 1.75. The van der Waals surface area contributed by atoms with Crippen molar-refractivity contribution in [2.45, 2.75) is 38.1 Å². The standard InChI is InChI=1S/C15H17N3OS2/c1-11-8-21-14(17-11)15(6-2-3-7-15)18-13(19)5-4-12-9-20-10-16-12/h4-5,8-10H,2-3,6-7H2,1H3,(H,18,19)/b5-4-. The number of nitrogens with zero attached hydrogens (tertiary/aromatic N) is 2. The quantitative estimate of drug-likeness (QED) is 0.878. The summed E-state index contributed by atoms with van der Waals surface area (Å²) in [6, 6.07) is 0. The molecule has 1 amide bonds. The van der Waals surface area contributed by atoms with Gasteiger partial charge in [-0.3, -0.25) is 4.79 Å². The molecule has 2 aromatic heterocycles. The molecule has 1 N–H and O–H groups in total. The maximum Gasteiger partial charge on any atom is 0.244 e. The molecule has 6 heteroatoms. The van der Waals surface area contributed by atoms with E-state index in [1.165, 1.54) is 11.3 Å². The molecule has 0 saturated heterocycles. The first-order chi connectivity index (χ1) is 10.2. The zero-order valence-corrected chi connectivity index (χ0v) is 13.5. The van der Waals surface area contributed by atoms with Gasteiger partial charge in [0.2, 0.25) is 5.91 Å². The molecule has 2 heterocycles. The predicted molar refractivity (Wildman–Crippen MR) is 86.3 cm³/mol. The summed E-state index contributed by atoms with van der Waals surface area (Å²) in [5, 5.41) is 8.18. The van der Waals surface area contributed by atoms with Gasteiger partial charge in [-0.15, -0.1) is 22.7 Å². The van der Waals surface area contributed by atoms with Gasteiger partial charge in [0.15, 0.2) is 0 Å². The highest BCUT2D eigenvalue weighted by Gasteiger charge is 2.39. The molecule has 1 fully saturated rings. The van der Waals surface area contributed by atoms with Crippen molar-refractivity contribution in [3.8, 4) is 0 Å². The summed E-state index contributed by atoms with van der Waals surface area (Å²) in [6.45, 7) is 1.99. The van der Waals surface area contributed by atoms with Crippen molar-refractivity contribution in [2.75, 3.05) is 0 Å². The summed E-state index contributed by atoms with van der Waals surface area (Å²) in [6.07, 6.45) is 7.52. The number of amides is 1. The van der Waals surface area contributed by atoms with Crippen molar-refractivity contribution in [1.82, 2.24) is 15.3 Å². The molecule has 21 heavy (non-hydrogen) atoms. The van der Waals surface area contributed by atoms with E-state index in [-0.39, 0.29) is 11.4 Å². The molecule has 1 saturated carbocycles. The van der Waals surface area contributed by atoms with Gasteiger partial charge >= 0.3 is 0 Å². The first-order valence-electron chi connectivity index (χ1n) is 6.99. The van der Waals surface area contributed by atoms with E-state index >= 15 is 0 Å². The van der Waals surface area contributed by atoms with Gasteiger partial charge in [0, 0.05) is 22.5 Å². The molecular formula is C15H17N3OS2. The van der Waals surface area contributed by atoms with Crippen LogP contribution in [0.15, 0.2) is 22.3 Å². The number of carbonyl (C=O) groups excluding carboxylic acids is 1. The van der Waals surface area contributed by atoms with Crippen molar-refractivity contribution < 1.29 is 4.79 Å². The van der Waals surface area contributed by atoms with Crippen LogP contribution >= 0.6 is 22.7 Å². The van der Waals surface area contributed by atoms with E-state index in [0.717, 1.165) is 42.1 Å². The molecule has 0 bridgehead atoms. The van der Waals surface area contributed by atoms with Gasteiger partial charge in [0.1, 0.15) is 5.01 Å². The van der Waals surface area contributed by atoms with E-state index in [1.54, 1.807) is 29.0 Å². The van der Waals surface area contributed by atoms with Crippen LogP contribution < -0.4 is 5.32 Å². The number of nitrogens with one attached hydrogen (secondary N) is 1. The Morgan fingerprint density at radius 1 is 1.38 bits per heavy atom. The molecule has 0 aliphatic heterocycles. The largest absolute Gasteiger partial charge is 0.341 e. The summed E-state index contributed by atoms with van der Waals surface area (Å²) >= 11 is 3.16. The average molecular weight is 319 g/mol. The minimum atomic E-state index is -0.275. The predicted octanol–water partition coefficient (Wildman–Crippen LogP) is 3.51. The Kier molecular flexibility index (Phi) is 4.17. The number of hydrogen-bond acceptors (Lipinski definition) is 5. The van der Waals surface area contributed by atoms with Crippen LogP contribution in [0.2, 0.25) is 0 Å². The van der Waals surface area contributed by atoms with Crippen LogP contribution in [0.1, 0.15) is 42.1 Å². The lowest BCUT2D eigenvalue weighted by Crippen LogP contribution is -2.43. The minimum Gasteiger partial charge on any atom is -0.341 e. The summed E-state index contributed by atoms with van der Waals surface area (Å²) in [5.41, 5.74) is 3.32. The van der Waals surface area contributed by atoms with E-state index < -0.39 is 0 Å². The van der Waals surface area contributed by atoms with Crippen LogP contribution in [0.4, 0.5) is 0 Å². The van der Waals surface area contributed by atoms with Gasteiger partial charge in [-0.2, -0.15) is 0 Å². The highest BCUT2D eigenvalue weighted by molar-refractivity contribution is 7.09. The Bertz CT molecular complexity index is 640. The third-order valence-electron chi connectivity index (χ3n) is 3.70. The molecule has 0 aromatic carbocycles. The fourth-order valence-corrected chi connectivity index (χ4v) is 4.22. The molecule has 1 aliphatic rings. The summed E-state index contributed by atoms with van der Waals surface area (Å²) in [7, 11) is 0. The van der Waals surface area contributed by atoms with Gasteiger partial charge in [-0.1, -0.05) is 12.8 Å². The fourth-order valence-electron chi connectivity index (χ4n) is 2.69. The summed E-state index contributed by atoms with van der Waals surface area (Å²) in [4.78, 5) is 21.0. The van der Waals surface area contributed by atoms with Gasteiger partial charge < -0.3 is 5.32 Å². The smallest absolute Gasteiger partial charge is 0.244 e. The third kappa shape index (κ3) is 3.22. The molecule has 3 rings (SSSR count). The zero-order chi connectivity index (χ0) is 14.7. The Morgan fingerprint density at radius 3 is 2.81 bits per heavy atom. The first kappa shape index (κ1) is 14.4. The second kappa shape index (κ2) is 6.07. The van der Waals surface area contributed by atoms with Crippen LogP contribution in [-0.2, 0) is 10.3 Å². The minimum absolute atomic E-state index is 0.0715. The monoisotopic (exact) mass is 319 g/mol. The zero-order valence-electron chi connectivity index (χ0n) is 11.8. The second-order valence-electron chi connectivity index (χ2n) is 5.32. The number of hydrogen-bond donors (Lipinski definition) is 1. The SMILES string of the molecule is Cc1csc(C2(NC(=O)/C=C\c3cscn3)CCCC2)n1. The highest BCUT2D eigenvalue weighted by Crippen LogP contribution is 2.40. The summed E-state index contributed by atoms with van der Waals surface area (Å²) in [5.74, 6) is -0.0715. The maximum atomic E-state index is 12.2. The molecular weight excluding hydrogens is 302 g/mol. The third-order valence-corrected chi connectivity index (χ3v) is 5.47. The van der Waals surface area contributed by atoms with Crippen LogP contribution in [0.5, 0.6) is 0 Å². The van der Waals surface area contributed by atoms with Gasteiger partial charge in [-0.05, 0) is 25.8 Å². The Morgan fingerprint density at radius 2 is 2.19 bits per heavy atom. The normalized spacial score (nSPS) is 17.4. The van der Waals surface area contributed by atoms with Crippen LogP contribution in [0, 0.1) is 6.92 Å². The van der Waals surface area contributed by atoms with Crippen molar-refractivity contribution in [3.05, 3.63) is 38.7 Å². The van der Waals surface area contributed by atoms with Gasteiger partial charge in [0.05, 0.1) is 16.7 Å². The number of aryl methyl sites for hydroxylation is 1. The lowest BCUT2D eigenvalue weighted by molar-refractivity contribution is -0.118. The van der Waals surface area contributed by atoms with Crippen LogP contribution in [-0.4, -0.2) is 15.9 Å². The van der Waals surface area contributed by atoms with Crippen LogP contribution in [0.3, 0.4) is 0 Å². The number of carbonyl (C=O) groups is 1. The molecule has 2 aromatic rings. The lowest BCUT2D eigenvalue weighted by atomic mass is 9.98. The molecule has 0 unspecified atom stereocenters. The Labute approximate surface area is 132 Å². The van der Waals surface area contributed by atoms with E-state index in [4.69, 9.17) is 0 Å². The van der Waals surface area contributed by atoms with Crippen molar-refractivity contribution in [3.63, 3.8) is 0 Å². The molecule has 1 aliphatic carbocycles. The molecule has 0 radical (unpaired) electrons. The van der Waals surface area contributed by atoms with E-state index in [0.29, 0.717) is 0 Å². The Hall–Kier alpha value is -1.53. The maximum absolute atomic E-state index is 12.2. The molecule has 4 nitrogen and oxygen atoms in total. The van der Waals surface area contributed by atoms with Crippen molar-refractivity contribution in [1.29, 1.82) is 0 Å². The van der Waals surface area contributed by atoms with Crippen molar-refractivity contribution >= 4 is 34.7 Å². The average Bonchev–Trinajstić information content (AvgIpc) is 3.17. The first-order valence-corrected chi connectivity index (χ1v) is 8.81. The van der Waals surface area contributed by atoms with Gasteiger partial charge in [-0.25, -0.2) is 9.97 Å². The van der Waals surface area contributed by atoms with E-state index in [2.05, 4.69) is 15.3 Å². The fraction of sp³-hybridized carbons (Fsp3) is 0.400. The van der Waals surface area contributed by atoms with Crippen LogP contribution in [0.25, 0.3) is 6.08 Å². The van der Waals surface area contributed by atoms with Crippen molar-refractivity contribution in [2.24, 2.45) is 0 Å². The number of thiazole rings is 2. The molecule has 0 spiro atoms. The highest BCUT2D eigenvalue weighted by atomic mass is 32.1. The summed E-state index contributed by atoms with van der Waals surface area (Å²) < 4.78 is 0. The van der Waals surface area contributed by atoms with E-state index in [9.17, 15) is 4.79 Å². The lowest BCUT2D eigenvalue weighted by Gasteiger charge is -2.27. The molecule has 110 valence electrons. The second-order valence-corrected chi connectivity index (χ2v) is 6.90. The van der Waals surface area contributed by atoms with E-state index in [1.807, 2.05) is 17.7 Å². The molecule has 0 atom stereocenters. The van der Waals surface area contributed by atoms with Gasteiger partial charge in [0.25, 0.3) is 0 Å². The topological polar surface area (TPSA) is 54.9 Å². The number of aromatic nitrogens is 2.